The van der Waals surface area contributed by atoms with Gasteiger partial charge in [-0.1, -0.05) is 30.3 Å². The summed E-state index contributed by atoms with van der Waals surface area (Å²) < 4.78 is 5.13. The van der Waals surface area contributed by atoms with Gasteiger partial charge < -0.3 is 20.1 Å². The average molecular weight is 374 g/mol. The summed E-state index contributed by atoms with van der Waals surface area (Å²) in [7, 11) is 0. The Morgan fingerprint density at radius 1 is 1.19 bits per heavy atom. The topological polar surface area (TPSA) is 113 Å². The molecule has 0 radical (unpaired) electrons. The molecule has 1 heterocycles. The lowest BCUT2D eigenvalue weighted by molar-refractivity contribution is -0.150. The van der Waals surface area contributed by atoms with Gasteiger partial charge in [-0.25, -0.2) is 4.79 Å². The molecule has 2 N–H and O–H groups in total. The van der Waals surface area contributed by atoms with Crippen LogP contribution >= 0.6 is 0 Å². The van der Waals surface area contributed by atoms with Gasteiger partial charge in [-0.3, -0.25) is 14.4 Å². The van der Waals surface area contributed by atoms with Gasteiger partial charge in [0.15, 0.2) is 0 Å². The molecule has 144 valence electrons. The zero-order valence-electron chi connectivity index (χ0n) is 14.8. The average Bonchev–Trinajstić information content (AvgIpc) is 3.01. The van der Waals surface area contributed by atoms with Crippen LogP contribution in [-0.2, 0) is 25.7 Å². The first-order valence-electron chi connectivity index (χ1n) is 8.98. The Bertz CT molecular complexity index is 735. The highest BCUT2D eigenvalue weighted by molar-refractivity contribution is 5.90. The van der Waals surface area contributed by atoms with Gasteiger partial charge >= 0.3 is 12.1 Å². The van der Waals surface area contributed by atoms with Crippen LogP contribution in [0.4, 0.5) is 4.79 Å². The van der Waals surface area contributed by atoms with Gasteiger partial charge in [0.25, 0.3) is 0 Å². The SMILES string of the molecule is O=C1CC[C@H](N2CC[C@@H](NC(=O)OCc3ccccc3)C2=O)[C@H](C(=O)O)C1. The van der Waals surface area contributed by atoms with Gasteiger partial charge in [-0.2, -0.15) is 0 Å². The number of Topliss-reactive ketones (excluding diaryl/α,β-unsaturated/α-hetero) is 1. The van der Waals surface area contributed by atoms with Gasteiger partial charge in [0.05, 0.1) is 5.92 Å². The zero-order valence-corrected chi connectivity index (χ0v) is 14.8. The Morgan fingerprint density at radius 3 is 2.63 bits per heavy atom. The Balaban J connectivity index is 1.55. The molecule has 0 unspecified atom stereocenters. The maximum atomic E-state index is 12.6. The minimum absolute atomic E-state index is 0.0546. The fraction of sp³-hybridized carbons (Fsp3) is 0.474. The van der Waals surface area contributed by atoms with Gasteiger partial charge in [0.2, 0.25) is 5.91 Å². The maximum Gasteiger partial charge on any atom is 0.408 e. The molecule has 8 heteroatoms. The first kappa shape index (κ1) is 18.9. The summed E-state index contributed by atoms with van der Waals surface area (Å²) in [5.41, 5.74) is 0.836. The van der Waals surface area contributed by atoms with Gasteiger partial charge in [-0.15, -0.1) is 0 Å². The number of carboxylic acid groups (broad SMARTS) is 1. The Labute approximate surface area is 156 Å². The second-order valence-corrected chi connectivity index (χ2v) is 6.87. The Morgan fingerprint density at radius 2 is 1.93 bits per heavy atom. The van der Waals surface area contributed by atoms with Gasteiger partial charge in [0.1, 0.15) is 18.4 Å². The van der Waals surface area contributed by atoms with Crippen molar-refractivity contribution in [3.63, 3.8) is 0 Å². The number of ketones is 1. The van der Waals surface area contributed by atoms with Gasteiger partial charge in [-0.05, 0) is 18.4 Å². The number of amides is 2. The minimum Gasteiger partial charge on any atom is -0.481 e. The van der Waals surface area contributed by atoms with Crippen LogP contribution in [0.2, 0.25) is 0 Å². The Kier molecular flexibility index (Phi) is 5.73. The summed E-state index contributed by atoms with van der Waals surface area (Å²) in [5.74, 6) is -2.37. The van der Waals surface area contributed by atoms with E-state index in [1.165, 1.54) is 4.90 Å². The smallest absolute Gasteiger partial charge is 0.408 e. The number of likely N-dealkylation sites (tertiary alicyclic amines) is 1. The Hall–Kier alpha value is -2.90. The highest BCUT2D eigenvalue weighted by atomic mass is 16.5. The number of ether oxygens (including phenoxy) is 1. The first-order chi connectivity index (χ1) is 13.0. The quantitative estimate of drug-likeness (QED) is 0.804. The van der Waals surface area contributed by atoms with Crippen molar-refractivity contribution in [2.75, 3.05) is 6.54 Å². The molecule has 1 saturated carbocycles. The zero-order chi connectivity index (χ0) is 19.4. The summed E-state index contributed by atoms with van der Waals surface area (Å²) in [5, 5.41) is 11.9. The number of carbonyl (C=O) groups excluding carboxylic acids is 3. The number of rotatable bonds is 5. The lowest BCUT2D eigenvalue weighted by Crippen LogP contribution is -2.50. The van der Waals surface area contributed by atoms with E-state index in [0.29, 0.717) is 19.4 Å². The van der Waals surface area contributed by atoms with Crippen LogP contribution in [0.5, 0.6) is 0 Å². The summed E-state index contributed by atoms with van der Waals surface area (Å²) in [6.07, 6.45) is 0.256. The van der Waals surface area contributed by atoms with Crippen molar-refractivity contribution in [3.05, 3.63) is 35.9 Å². The van der Waals surface area contributed by atoms with E-state index < -0.39 is 30.1 Å². The molecule has 2 fully saturated rings. The fourth-order valence-corrected chi connectivity index (χ4v) is 3.69. The third kappa shape index (κ3) is 4.45. The van der Waals surface area contributed by atoms with Crippen LogP contribution in [0.15, 0.2) is 30.3 Å². The summed E-state index contributed by atoms with van der Waals surface area (Å²) in [4.78, 5) is 49.2. The normalized spacial score (nSPS) is 25.3. The highest BCUT2D eigenvalue weighted by Gasteiger charge is 2.44. The molecule has 0 spiro atoms. The molecule has 1 aliphatic heterocycles. The van der Waals surface area contributed by atoms with Crippen LogP contribution < -0.4 is 5.32 Å². The molecule has 0 bridgehead atoms. The van der Waals surface area contributed by atoms with E-state index >= 15 is 0 Å². The first-order valence-corrected chi connectivity index (χ1v) is 8.98. The van der Waals surface area contributed by atoms with Crippen molar-refractivity contribution < 1.29 is 29.0 Å². The number of carbonyl (C=O) groups is 4. The van der Waals surface area contributed by atoms with Crippen molar-refractivity contribution in [1.29, 1.82) is 0 Å². The molecule has 2 amide bonds. The maximum absolute atomic E-state index is 12.6. The third-order valence-electron chi connectivity index (χ3n) is 5.09. The van der Waals surface area contributed by atoms with E-state index in [0.717, 1.165) is 5.56 Å². The number of aliphatic carboxylic acids is 1. The molecule has 3 atom stereocenters. The molecule has 1 aromatic carbocycles. The van der Waals surface area contributed by atoms with Crippen LogP contribution in [0, 0.1) is 5.92 Å². The highest BCUT2D eigenvalue weighted by Crippen LogP contribution is 2.30. The van der Waals surface area contributed by atoms with Crippen molar-refractivity contribution in [2.24, 2.45) is 5.92 Å². The number of nitrogens with zero attached hydrogens (tertiary/aromatic N) is 1. The van der Waals surface area contributed by atoms with Crippen molar-refractivity contribution in [3.8, 4) is 0 Å². The van der Waals surface area contributed by atoms with Crippen molar-refractivity contribution >= 4 is 23.8 Å². The van der Waals surface area contributed by atoms with Crippen LogP contribution in [0.3, 0.4) is 0 Å². The molecule has 0 aromatic heterocycles. The number of nitrogens with one attached hydrogen (secondary N) is 1. The van der Waals surface area contributed by atoms with E-state index in [1.54, 1.807) is 0 Å². The molecular weight excluding hydrogens is 352 g/mol. The molecular formula is C19H22N2O6. The monoisotopic (exact) mass is 374 g/mol. The van der Waals surface area contributed by atoms with Crippen molar-refractivity contribution in [1.82, 2.24) is 10.2 Å². The van der Waals surface area contributed by atoms with Crippen LogP contribution in [0.25, 0.3) is 0 Å². The predicted octanol–water partition coefficient (Wildman–Crippen LogP) is 1.34. The van der Waals surface area contributed by atoms with E-state index in [4.69, 9.17) is 4.74 Å². The number of alkyl carbamates (subject to hydrolysis) is 1. The number of benzene rings is 1. The van der Waals surface area contributed by atoms with Gasteiger partial charge in [0, 0.05) is 25.4 Å². The predicted molar refractivity (Wildman–Crippen MR) is 93.7 cm³/mol. The summed E-state index contributed by atoms with van der Waals surface area (Å²) in [6.45, 7) is 0.453. The molecule has 27 heavy (non-hydrogen) atoms. The molecule has 3 rings (SSSR count). The van der Waals surface area contributed by atoms with E-state index in [2.05, 4.69) is 5.32 Å². The molecule has 1 saturated heterocycles. The molecule has 2 aliphatic rings. The van der Waals surface area contributed by atoms with Crippen LogP contribution in [-0.4, -0.2) is 52.4 Å². The number of carboxylic acids is 1. The lowest BCUT2D eigenvalue weighted by atomic mass is 9.83. The van der Waals surface area contributed by atoms with E-state index in [1.807, 2.05) is 30.3 Å². The molecule has 8 nitrogen and oxygen atoms in total. The molecule has 1 aromatic rings. The summed E-state index contributed by atoms with van der Waals surface area (Å²) >= 11 is 0. The van der Waals surface area contributed by atoms with Crippen LogP contribution in [0.1, 0.15) is 31.2 Å². The van der Waals surface area contributed by atoms with E-state index in [9.17, 15) is 24.3 Å². The standard InChI is InChI=1S/C19H22N2O6/c22-13-6-7-16(14(10-13)18(24)25)21-9-8-15(17(21)23)20-19(26)27-11-12-4-2-1-3-5-12/h1-5,14-16H,6-11H2,(H,20,26)(H,24,25)/t14-,15-,16+/m1/s1. The third-order valence-corrected chi connectivity index (χ3v) is 5.09. The number of hydrogen-bond donors (Lipinski definition) is 2. The summed E-state index contributed by atoms with van der Waals surface area (Å²) in [6, 6.07) is 7.93. The molecule has 1 aliphatic carbocycles. The van der Waals surface area contributed by atoms with Crippen molar-refractivity contribution in [2.45, 2.75) is 44.4 Å². The second-order valence-electron chi connectivity index (χ2n) is 6.87. The van der Waals surface area contributed by atoms with E-state index in [-0.39, 0.29) is 31.1 Å². The number of hydrogen-bond acceptors (Lipinski definition) is 5. The minimum atomic E-state index is -1.07. The fourth-order valence-electron chi connectivity index (χ4n) is 3.69. The lowest BCUT2D eigenvalue weighted by Gasteiger charge is -2.35. The second kappa shape index (κ2) is 8.20. The largest absolute Gasteiger partial charge is 0.481 e.